The molecule has 0 aromatic heterocycles. The second-order valence-electron chi connectivity index (χ2n) is 7.68. The average Bonchev–Trinajstić information content (AvgIpc) is 3.02. The number of hydrogen-bond acceptors (Lipinski definition) is 6. The van der Waals surface area contributed by atoms with E-state index in [0.717, 1.165) is 5.56 Å². The predicted molar refractivity (Wildman–Crippen MR) is 119 cm³/mol. The zero-order valence-electron chi connectivity index (χ0n) is 17.7. The number of anilines is 2. The van der Waals surface area contributed by atoms with Crippen LogP contribution in [0.25, 0.3) is 0 Å². The molecule has 2 saturated heterocycles. The third-order valence-electron chi connectivity index (χ3n) is 5.53. The van der Waals surface area contributed by atoms with Crippen LogP contribution in [0.4, 0.5) is 25.4 Å². The van der Waals surface area contributed by atoms with Crippen LogP contribution in [0, 0.1) is 5.82 Å². The number of carbonyl (C=O) groups excluding carboxylic acids is 2. The molecule has 2 aromatic carbocycles. The smallest absolute Gasteiger partial charge is 0.414 e. The number of amides is 3. The molecule has 0 aliphatic carbocycles. The maximum Gasteiger partial charge on any atom is 0.414 e. The van der Waals surface area contributed by atoms with Gasteiger partial charge in [-0.2, -0.15) is 0 Å². The molecule has 0 saturated carbocycles. The first-order valence-corrected chi connectivity index (χ1v) is 10.6. The molecule has 4 N–H and O–H groups in total. The van der Waals surface area contributed by atoms with Gasteiger partial charge in [0.15, 0.2) is 0 Å². The highest BCUT2D eigenvalue weighted by molar-refractivity contribution is 5.90. The fourth-order valence-corrected chi connectivity index (χ4v) is 3.79. The van der Waals surface area contributed by atoms with Crippen LogP contribution in [0.15, 0.2) is 48.5 Å². The Morgan fingerprint density at radius 2 is 2.00 bits per heavy atom. The lowest BCUT2D eigenvalue weighted by molar-refractivity contribution is 0.145. The van der Waals surface area contributed by atoms with E-state index in [-0.39, 0.29) is 18.7 Å². The minimum atomic E-state index is -0.524. The number of hydrazine groups is 1. The van der Waals surface area contributed by atoms with Crippen LogP contribution in [-0.4, -0.2) is 62.5 Å². The minimum Gasteiger partial charge on any atom is -0.443 e. The highest BCUT2D eigenvalue weighted by Gasteiger charge is 2.32. The van der Waals surface area contributed by atoms with Gasteiger partial charge in [0.2, 0.25) is 0 Å². The molecule has 10 heteroatoms. The molecule has 2 fully saturated rings. The Labute approximate surface area is 185 Å². The molecule has 0 unspecified atom stereocenters. The number of hydrogen-bond donors (Lipinski definition) is 3. The highest BCUT2D eigenvalue weighted by atomic mass is 19.1. The summed E-state index contributed by atoms with van der Waals surface area (Å²) in [4.78, 5) is 27.8. The molecule has 0 bridgehead atoms. The van der Waals surface area contributed by atoms with Crippen molar-refractivity contribution in [2.24, 2.45) is 5.73 Å². The van der Waals surface area contributed by atoms with Crippen molar-refractivity contribution >= 4 is 23.5 Å². The second-order valence-corrected chi connectivity index (χ2v) is 7.68. The summed E-state index contributed by atoms with van der Waals surface area (Å²) in [6.07, 6.45) is -0.912. The van der Waals surface area contributed by atoms with Crippen molar-refractivity contribution < 1.29 is 18.7 Å². The van der Waals surface area contributed by atoms with Gasteiger partial charge in [-0.05, 0) is 23.8 Å². The number of nitrogens with two attached hydrogens (primary N) is 1. The summed E-state index contributed by atoms with van der Waals surface area (Å²) in [5.74, 6) is -0.437. The molecule has 1 atom stereocenters. The quantitative estimate of drug-likeness (QED) is 0.651. The minimum absolute atomic E-state index is 0.221. The Hall–Kier alpha value is -3.37. The van der Waals surface area contributed by atoms with Crippen molar-refractivity contribution in [2.45, 2.75) is 12.6 Å². The van der Waals surface area contributed by atoms with E-state index in [9.17, 15) is 14.0 Å². The van der Waals surface area contributed by atoms with E-state index >= 15 is 0 Å². The maximum absolute atomic E-state index is 14.9. The van der Waals surface area contributed by atoms with Gasteiger partial charge in [0.1, 0.15) is 11.9 Å². The summed E-state index contributed by atoms with van der Waals surface area (Å²) in [5.41, 5.74) is 10.5. The highest BCUT2D eigenvalue weighted by Crippen LogP contribution is 2.28. The van der Waals surface area contributed by atoms with Gasteiger partial charge in [-0.1, -0.05) is 30.3 Å². The Morgan fingerprint density at radius 1 is 1.19 bits per heavy atom. The molecule has 3 amide bonds. The third-order valence-corrected chi connectivity index (χ3v) is 5.53. The molecular weight excluding hydrogens is 415 g/mol. The fraction of sp³-hybridized carbons (Fsp3) is 0.364. The average molecular weight is 442 g/mol. The lowest BCUT2D eigenvalue weighted by Crippen LogP contribution is -2.48. The van der Waals surface area contributed by atoms with Gasteiger partial charge in [-0.3, -0.25) is 9.91 Å². The van der Waals surface area contributed by atoms with Crippen molar-refractivity contribution in [3.63, 3.8) is 0 Å². The van der Waals surface area contributed by atoms with Gasteiger partial charge in [-0.25, -0.2) is 19.4 Å². The number of nitrogens with zero attached hydrogens (tertiary/aromatic N) is 3. The topological polar surface area (TPSA) is 103 Å². The monoisotopic (exact) mass is 442 g/mol. The summed E-state index contributed by atoms with van der Waals surface area (Å²) in [6.45, 7) is 2.81. The standard InChI is InChI=1S/C22H27FN6O3/c23-19-12-17(28-15-18(13-24)32-22(28)31)6-7-20(19)27-9-8-26-29(11-10-27)21(30)25-14-16-4-2-1-3-5-16/h1-7,12,18,26H,8-11,13-15,24H2,(H,25,30)/t18-/m0/s1. The summed E-state index contributed by atoms with van der Waals surface area (Å²) in [7, 11) is 0. The van der Waals surface area contributed by atoms with E-state index in [4.69, 9.17) is 10.5 Å². The Balaban J connectivity index is 1.36. The van der Waals surface area contributed by atoms with Crippen LogP contribution in [0.1, 0.15) is 5.56 Å². The molecule has 2 aromatic rings. The van der Waals surface area contributed by atoms with Gasteiger partial charge < -0.3 is 20.7 Å². The zero-order chi connectivity index (χ0) is 22.5. The lowest BCUT2D eigenvalue weighted by atomic mass is 10.2. The molecule has 4 rings (SSSR count). The van der Waals surface area contributed by atoms with Crippen LogP contribution < -0.4 is 26.3 Å². The first kappa shape index (κ1) is 21.8. The molecular formula is C22H27FN6O3. The number of rotatable bonds is 5. The molecule has 9 nitrogen and oxygen atoms in total. The third kappa shape index (κ3) is 4.92. The lowest BCUT2D eigenvalue weighted by Gasteiger charge is -2.24. The van der Waals surface area contributed by atoms with E-state index < -0.39 is 11.9 Å². The zero-order valence-corrected chi connectivity index (χ0v) is 17.7. The summed E-state index contributed by atoms with van der Waals surface area (Å²) < 4.78 is 20.1. The number of halogens is 1. The Morgan fingerprint density at radius 3 is 2.72 bits per heavy atom. The maximum atomic E-state index is 14.9. The van der Waals surface area contributed by atoms with Crippen LogP contribution >= 0.6 is 0 Å². The van der Waals surface area contributed by atoms with Crippen molar-refractivity contribution in [3.8, 4) is 0 Å². The van der Waals surface area contributed by atoms with Gasteiger partial charge in [-0.15, -0.1) is 0 Å². The molecule has 2 aliphatic rings. The molecule has 170 valence electrons. The summed E-state index contributed by atoms with van der Waals surface area (Å²) in [6, 6.07) is 14.1. The second kappa shape index (κ2) is 9.84. The Bertz CT molecular complexity index is 960. The van der Waals surface area contributed by atoms with Crippen molar-refractivity contribution in [1.82, 2.24) is 15.8 Å². The van der Waals surface area contributed by atoms with E-state index in [0.29, 0.717) is 50.6 Å². The van der Waals surface area contributed by atoms with Crippen LogP contribution in [0.2, 0.25) is 0 Å². The van der Waals surface area contributed by atoms with Crippen molar-refractivity contribution in [3.05, 3.63) is 59.9 Å². The van der Waals surface area contributed by atoms with E-state index in [1.54, 1.807) is 12.1 Å². The Kier molecular flexibility index (Phi) is 6.72. The van der Waals surface area contributed by atoms with Gasteiger partial charge in [0.05, 0.1) is 24.5 Å². The summed E-state index contributed by atoms with van der Waals surface area (Å²) >= 11 is 0. The summed E-state index contributed by atoms with van der Waals surface area (Å²) in [5, 5.41) is 4.40. The first-order chi connectivity index (χ1) is 15.5. The molecule has 0 radical (unpaired) electrons. The fourth-order valence-electron chi connectivity index (χ4n) is 3.79. The molecule has 0 spiro atoms. The number of urea groups is 1. The van der Waals surface area contributed by atoms with Gasteiger partial charge in [0, 0.05) is 32.7 Å². The molecule has 2 heterocycles. The number of nitrogens with one attached hydrogen (secondary N) is 2. The van der Waals surface area contributed by atoms with Crippen LogP contribution in [-0.2, 0) is 11.3 Å². The van der Waals surface area contributed by atoms with E-state index in [1.807, 2.05) is 35.2 Å². The van der Waals surface area contributed by atoms with Crippen LogP contribution in [0.3, 0.4) is 0 Å². The largest absolute Gasteiger partial charge is 0.443 e. The van der Waals surface area contributed by atoms with E-state index in [1.165, 1.54) is 16.0 Å². The van der Waals surface area contributed by atoms with Crippen LogP contribution in [0.5, 0.6) is 0 Å². The van der Waals surface area contributed by atoms with Gasteiger partial charge >= 0.3 is 12.1 Å². The SMILES string of the molecule is NC[C@H]1CN(c2ccc(N3CCNN(C(=O)NCc4ccccc4)CC3)c(F)c2)C(=O)O1. The number of cyclic esters (lactones) is 1. The van der Waals surface area contributed by atoms with Crippen molar-refractivity contribution in [1.29, 1.82) is 0 Å². The molecule has 32 heavy (non-hydrogen) atoms. The van der Waals surface area contributed by atoms with Gasteiger partial charge in [0.25, 0.3) is 0 Å². The van der Waals surface area contributed by atoms with Crippen molar-refractivity contribution in [2.75, 3.05) is 49.1 Å². The molecule has 2 aliphatic heterocycles. The number of ether oxygens (including phenoxy) is 1. The predicted octanol–water partition coefficient (Wildman–Crippen LogP) is 1.65. The number of benzene rings is 2. The van der Waals surface area contributed by atoms with E-state index in [2.05, 4.69) is 10.7 Å². The normalized spacial score (nSPS) is 19.0. The number of carbonyl (C=O) groups is 2. The first-order valence-electron chi connectivity index (χ1n) is 10.6.